The van der Waals surface area contributed by atoms with Crippen molar-refractivity contribution in [1.82, 2.24) is 5.32 Å². The molecule has 1 N–H and O–H groups in total. The van der Waals surface area contributed by atoms with E-state index in [-0.39, 0.29) is 0 Å². The maximum absolute atomic E-state index is 3.92. The molecular formula is C15H29N. The van der Waals surface area contributed by atoms with Gasteiger partial charge in [0.15, 0.2) is 0 Å². The van der Waals surface area contributed by atoms with E-state index in [9.17, 15) is 0 Å². The number of nitrogens with one attached hydrogen (secondary N) is 1. The van der Waals surface area contributed by atoms with Gasteiger partial charge in [0.05, 0.1) is 0 Å². The summed E-state index contributed by atoms with van der Waals surface area (Å²) in [6.45, 7) is 4.75. The predicted octanol–water partition coefficient (Wildman–Crippen LogP) is 4.12. The summed E-state index contributed by atoms with van der Waals surface area (Å²) in [6, 6.07) is 1.69. The minimum atomic E-state index is 0.847. The molecule has 1 nitrogen and oxygen atoms in total. The quantitative estimate of drug-likeness (QED) is 0.759. The van der Waals surface area contributed by atoms with Crippen molar-refractivity contribution in [3.8, 4) is 0 Å². The third-order valence-corrected chi connectivity index (χ3v) is 4.91. The molecule has 0 heterocycles. The zero-order valence-corrected chi connectivity index (χ0v) is 11.2. The van der Waals surface area contributed by atoms with Crippen LogP contribution >= 0.6 is 0 Å². The number of hydrogen-bond donors (Lipinski definition) is 1. The van der Waals surface area contributed by atoms with E-state index in [1.807, 2.05) is 0 Å². The third-order valence-electron chi connectivity index (χ3n) is 4.91. The Morgan fingerprint density at radius 2 is 1.31 bits per heavy atom. The summed E-state index contributed by atoms with van der Waals surface area (Å²) >= 11 is 0. The smallest absolute Gasteiger partial charge is 0.00698 e. The molecule has 2 saturated carbocycles. The molecule has 2 fully saturated rings. The fourth-order valence-electron chi connectivity index (χ4n) is 3.50. The van der Waals surface area contributed by atoms with Crippen LogP contribution in [0.2, 0.25) is 0 Å². The monoisotopic (exact) mass is 223 g/mol. The Bertz CT molecular complexity index is 186. The highest BCUT2D eigenvalue weighted by molar-refractivity contribution is 4.82. The largest absolute Gasteiger partial charge is 0.311 e. The van der Waals surface area contributed by atoms with Gasteiger partial charge in [-0.1, -0.05) is 20.3 Å². The molecule has 0 unspecified atom stereocenters. The summed E-state index contributed by atoms with van der Waals surface area (Å²) in [5, 5.41) is 3.92. The zero-order valence-electron chi connectivity index (χ0n) is 11.2. The molecule has 0 radical (unpaired) electrons. The number of rotatable bonds is 3. The highest BCUT2D eigenvalue weighted by Crippen LogP contribution is 2.29. The summed E-state index contributed by atoms with van der Waals surface area (Å²) < 4.78 is 0. The normalized spacial score (nSPS) is 40.9. The van der Waals surface area contributed by atoms with Gasteiger partial charge >= 0.3 is 0 Å². The Morgan fingerprint density at radius 1 is 0.812 bits per heavy atom. The second-order valence-corrected chi connectivity index (χ2v) is 6.25. The molecule has 0 aliphatic heterocycles. The molecule has 0 aromatic rings. The highest BCUT2D eigenvalue weighted by atomic mass is 15.0. The van der Waals surface area contributed by atoms with E-state index in [0.29, 0.717) is 0 Å². The van der Waals surface area contributed by atoms with Gasteiger partial charge in [-0.05, 0) is 63.2 Å². The van der Waals surface area contributed by atoms with Gasteiger partial charge in [-0.2, -0.15) is 0 Å². The molecule has 2 aliphatic carbocycles. The van der Waals surface area contributed by atoms with Crippen LogP contribution in [0.3, 0.4) is 0 Å². The first-order chi connectivity index (χ1) is 7.78. The average Bonchev–Trinajstić information content (AvgIpc) is 2.33. The van der Waals surface area contributed by atoms with Crippen molar-refractivity contribution in [2.45, 2.75) is 83.7 Å². The van der Waals surface area contributed by atoms with Crippen molar-refractivity contribution < 1.29 is 0 Å². The van der Waals surface area contributed by atoms with Crippen molar-refractivity contribution in [3.05, 3.63) is 0 Å². The zero-order chi connectivity index (χ0) is 11.4. The van der Waals surface area contributed by atoms with Gasteiger partial charge in [0.1, 0.15) is 0 Å². The fraction of sp³-hybridized carbons (Fsp3) is 1.00. The average molecular weight is 223 g/mol. The first kappa shape index (κ1) is 12.4. The standard InChI is InChI=1S/C15H29N/c1-3-13-6-10-15(11-7-13)16-14-8-4-12(2)5-9-14/h12-16H,3-11H2,1-2H3. The summed E-state index contributed by atoms with van der Waals surface area (Å²) in [7, 11) is 0. The molecule has 0 atom stereocenters. The van der Waals surface area contributed by atoms with E-state index in [1.54, 1.807) is 0 Å². The van der Waals surface area contributed by atoms with Gasteiger partial charge in [0, 0.05) is 12.1 Å². The summed E-state index contributed by atoms with van der Waals surface area (Å²) in [4.78, 5) is 0. The van der Waals surface area contributed by atoms with E-state index in [0.717, 1.165) is 23.9 Å². The van der Waals surface area contributed by atoms with Crippen LogP contribution in [0, 0.1) is 11.8 Å². The summed E-state index contributed by atoms with van der Waals surface area (Å²) in [5.41, 5.74) is 0. The fourth-order valence-corrected chi connectivity index (χ4v) is 3.50. The van der Waals surface area contributed by atoms with Crippen molar-refractivity contribution in [2.75, 3.05) is 0 Å². The van der Waals surface area contributed by atoms with Gasteiger partial charge in [-0.25, -0.2) is 0 Å². The molecule has 0 amide bonds. The van der Waals surface area contributed by atoms with E-state index < -0.39 is 0 Å². The minimum absolute atomic E-state index is 0.847. The topological polar surface area (TPSA) is 12.0 Å². The van der Waals surface area contributed by atoms with Crippen LogP contribution in [0.15, 0.2) is 0 Å². The Morgan fingerprint density at radius 3 is 1.81 bits per heavy atom. The lowest BCUT2D eigenvalue weighted by Crippen LogP contribution is -2.42. The molecule has 94 valence electrons. The Kier molecular flexibility index (Phi) is 4.69. The molecule has 0 spiro atoms. The van der Waals surface area contributed by atoms with Crippen LogP contribution in [-0.4, -0.2) is 12.1 Å². The molecular weight excluding hydrogens is 194 g/mol. The van der Waals surface area contributed by atoms with Crippen LogP contribution in [0.1, 0.15) is 71.6 Å². The van der Waals surface area contributed by atoms with Crippen LogP contribution in [0.4, 0.5) is 0 Å². The second-order valence-electron chi connectivity index (χ2n) is 6.25. The first-order valence-electron chi connectivity index (χ1n) is 7.54. The maximum Gasteiger partial charge on any atom is 0.00698 e. The molecule has 0 aromatic heterocycles. The molecule has 0 saturated heterocycles. The molecule has 16 heavy (non-hydrogen) atoms. The van der Waals surface area contributed by atoms with Gasteiger partial charge in [0.2, 0.25) is 0 Å². The number of hydrogen-bond acceptors (Lipinski definition) is 1. The van der Waals surface area contributed by atoms with Crippen LogP contribution in [-0.2, 0) is 0 Å². The van der Waals surface area contributed by atoms with Gasteiger partial charge in [-0.3, -0.25) is 0 Å². The van der Waals surface area contributed by atoms with E-state index in [2.05, 4.69) is 19.2 Å². The van der Waals surface area contributed by atoms with Crippen LogP contribution in [0.5, 0.6) is 0 Å². The Balaban J connectivity index is 1.66. The second kappa shape index (κ2) is 6.05. The molecule has 1 heteroatoms. The Labute approximate surface area is 101 Å². The van der Waals surface area contributed by atoms with Crippen molar-refractivity contribution in [2.24, 2.45) is 11.8 Å². The van der Waals surface area contributed by atoms with Crippen molar-refractivity contribution in [1.29, 1.82) is 0 Å². The Hall–Kier alpha value is -0.0400. The SMILES string of the molecule is CCC1CCC(NC2CCC(C)CC2)CC1. The molecule has 0 aromatic carbocycles. The van der Waals surface area contributed by atoms with Crippen molar-refractivity contribution >= 4 is 0 Å². The highest BCUT2D eigenvalue weighted by Gasteiger charge is 2.24. The summed E-state index contributed by atoms with van der Waals surface area (Å²) in [6.07, 6.45) is 12.9. The maximum atomic E-state index is 3.92. The molecule has 2 aliphatic rings. The van der Waals surface area contributed by atoms with Gasteiger partial charge in [0.25, 0.3) is 0 Å². The van der Waals surface area contributed by atoms with Gasteiger partial charge in [-0.15, -0.1) is 0 Å². The minimum Gasteiger partial charge on any atom is -0.311 e. The van der Waals surface area contributed by atoms with E-state index in [4.69, 9.17) is 0 Å². The lowest BCUT2D eigenvalue weighted by Gasteiger charge is -2.34. The van der Waals surface area contributed by atoms with E-state index >= 15 is 0 Å². The molecule has 0 bridgehead atoms. The lowest BCUT2D eigenvalue weighted by molar-refractivity contribution is 0.232. The third kappa shape index (κ3) is 3.48. The van der Waals surface area contributed by atoms with E-state index in [1.165, 1.54) is 57.8 Å². The molecule has 2 rings (SSSR count). The first-order valence-corrected chi connectivity index (χ1v) is 7.54. The van der Waals surface area contributed by atoms with Crippen molar-refractivity contribution in [3.63, 3.8) is 0 Å². The van der Waals surface area contributed by atoms with Crippen LogP contribution < -0.4 is 5.32 Å². The lowest BCUT2D eigenvalue weighted by atomic mass is 9.82. The van der Waals surface area contributed by atoms with Gasteiger partial charge < -0.3 is 5.32 Å². The summed E-state index contributed by atoms with van der Waals surface area (Å²) in [5.74, 6) is 2.01. The predicted molar refractivity (Wildman–Crippen MR) is 70.6 cm³/mol. The van der Waals surface area contributed by atoms with Crippen LogP contribution in [0.25, 0.3) is 0 Å².